The van der Waals surface area contributed by atoms with E-state index in [0.29, 0.717) is 13.2 Å². The second-order valence-electron chi connectivity index (χ2n) is 6.21. The molecule has 0 radical (unpaired) electrons. The average molecular weight is 376 g/mol. The number of thiophene rings is 1. The Balaban J connectivity index is 1.49. The maximum Gasteiger partial charge on any atom is 0.411 e. The minimum absolute atomic E-state index is 0.00268. The second-order valence-corrected chi connectivity index (χ2v) is 7.92. The molecule has 2 aliphatic heterocycles. The summed E-state index contributed by atoms with van der Waals surface area (Å²) in [5.41, 5.74) is 2.22. The maximum absolute atomic E-state index is 12.6. The first-order chi connectivity index (χ1) is 12.2. The van der Waals surface area contributed by atoms with E-state index in [-0.39, 0.29) is 24.8 Å². The van der Waals surface area contributed by atoms with Crippen molar-refractivity contribution in [1.29, 1.82) is 0 Å². The van der Waals surface area contributed by atoms with Gasteiger partial charge in [0.15, 0.2) is 0 Å². The van der Waals surface area contributed by atoms with Gasteiger partial charge in [0.25, 0.3) is 0 Å². The average Bonchev–Trinajstić information content (AvgIpc) is 3.06. The van der Waals surface area contributed by atoms with E-state index in [0.717, 1.165) is 16.3 Å². The van der Waals surface area contributed by atoms with Crippen LogP contribution in [0.1, 0.15) is 16.9 Å². The van der Waals surface area contributed by atoms with Crippen molar-refractivity contribution in [2.45, 2.75) is 25.1 Å². The molecule has 0 saturated carbocycles. The van der Waals surface area contributed by atoms with Crippen molar-refractivity contribution < 1.29 is 14.3 Å². The third kappa shape index (κ3) is 3.59. The minimum atomic E-state index is -0.276. The Labute approximate surface area is 155 Å². The Morgan fingerprint density at radius 1 is 1.24 bits per heavy atom. The molecule has 6 heteroatoms. The molecule has 4 nitrogen and oxygen atoms in total. The van der Waals surface area contributed by atoms with Crippen LogP contribution in [0.15, 0.2) is 48.5 Å². The standard InChI is InChI=1S/C19H18ClNO3S/c20-18-7-6-17(25-18)14-8-15-11-23-12-16(9-14)21(15)19(22)24-10-13-4-2-1-3-5-13/h1-8,15-16H,9-12H2. The van der Waals surface area contributed by atoms with Gasteiger partial charge in [-0.3, -0.25) is 4.90 Å². The fourth-order valence-corrected chi connectivity index (χ4v) is 4.42. The molecule has 1 aromatic carbocycles. The Morgan fingerprint density at radius 3 is 2.80 bits per heavy atom. The number of hydrogen-bond acceptors (Lipinski definition) is 4. The van der Waals surface area contributed by atoms with Crippen molar-refractivity contribution in [3.63, 3.8) is 0 Å². The Bertz CT molecular complexity index is 789. The van der Waals surface area contributed by atoms with Crippen molar-refractivity contribution in [3.8, 4) is 0 Å². The highest BCUT2D eigenvalue weighted by atomic mass is 35.5. The van der Waals surface area contributed by atoms with Gasteiger partial charge in [0, 0.05) is 4.88 Å². The molecule has 2 atom stereocenters. The summed E-state index contributed by atoms with van der Waals surface area (Å²) >= 11 is 7.63. The Kier molecular flexibility index (Phi) is 4.79. The number of amides is 1. The van der Waals surface area contributed by atoms with E-state index in [4.69, 9.17) is 21.1 Å². The summed E-state index contributed by atoms with van der Waals surface area (Å²) in [7, 11) is 0. The van der Waals surface area contributed by atoms with Gasteiger partial charge in [-0.25, -0.2) is 4.79 Å². The highest BCUT2D eigenvalue weighted by molar-refractivity contribution is 7.17. The third-order valence-corrected chi connectivity index (χ3v) is 5.81. The van der Waals surface area contributed by atoms with Gasteiger partial charge >= 0.3 is 6.09 Å². The van der Waals surface area contributed by atoms with Crippen molar-refractivity contribution in [2.24, 2.45) is 0 Å². The van der Waals surface area contributed by atoms with Gasteiger partial charge in [-0.2, -0.15) is 0 Å². The van der Waals surface area contributed by atoms with E-state index < -0.39 is 0 Å². The third-order valence-electron chi connectivity index (χ3n) is 4.50. The first kappa shape index (κ1) is 16.6. The van der Waals surface area contributed by atoms with Crippen LogP contribution in [-0.2, 0) is 16.1 Å². The number of morpholine rings is 1. The van der Waals surface area contributed by atoms with Gasteiger partial charge in [0.05, 0.1) is 29.6 Å². The van der Waals surface area contributed by atoms with Crippen LogP contribution in [0, 0.1) is 0 Å². The van der Waals surface area contributed by atoms with Crippen LogP contribution in [0.3, 0.4) is 0 Å². The van der Waals surface area contributed by atoms with E-state index in [1.54, 1.807) is 11.3 Å². The lowest BCUT2D eigenvalue weighted by Crippen LogP contribution is -2.56. The minimum Gasteiger partial charge on any atom is -0.445 e. The summed E-state index contributed by atoms with van der Waals surface area (Å²) in [5, 5.41) is 0. The van der Waals surface area contributed by atoms with Gasteiger partial charge in [-0.05, 0) is 29.7 Å². The van der Waals surface area contributed by atoms with E-state index in [1.165, 1.54) is 10.5 Å². The summed E-state index contributed by atoms with van der Waals surface area (Å²) in [6.07, 6.45) is 2.59. The fraction of sp³-hybridized carbons (Fsp3) is 0.316. The van der Waals surface area contributed by atoms with Crippen molar-refractivity contribution in [1.82, 2.24) is 4.90 Å². The van der Waals surface area contributed by atoms with Crippen LogP contribution in [0.4, 0.5) is 4.79 Å². The van der Waals surface area contributed by atoms with Crippen molar-refractivity contribution in [2.75, 3.05) is 13.2 Å². The molecule has 1 fully saturated rings. The van der Waals surface area contributed by atoms with Crippen LogP contribution in [0.5, 0.6) is 0 Å². The number of hydrogen-bond donors (Lipinski definition) is 0. The molecule has 1 amide bonds. The van der Waals surface area contributed by atoms with Crippen LogP contribution in [0.25, 0.3) is 5.57 Å². The molecule has 4 rings (SSSR count). The van der Waals surface area contributed by atoms with Gasteiger partial charge < -0.3 is 9.47 Å². The van der Waals surface area contributed by atoms with E-state index in [9.17, 15) is 4.79 Å². The first-order valence-electron chi connectivity index (χ1n) is 8.24. The number of fused-ring (bicyclic) bond motifs is 2. The molecule has 2 aliphatic rings. The summed E-state index contributed by atoms with van der Waals surface area (Å²) in [6, 6.07) is 13.6. The smallest absolute Gasteiger partial charge is 0.411 e. The number of nitrogens with zero attached hydrogens (tertiary/aromatic N) is 1. The molecule has 1 saturated heterocycles. The monoisotopic (exact) mass is 375 g/mol. The summed E-state index contributed by atoms with van der Waals surface area (Å²) in [5.74, 6) is 0. The molecule has 0 spiro atoms. The molecule has 1 aromatic heterocycles. The molecule has 25 heavy (non-hydrogen) atoms. The van der Waals surface area contributed by atoms with Gasteiger partial charge in [-0.1, -0.05) is 48.0 Å². The Morgan fingerprint density at radius 2 is 2.08 bits per heavy atom. The normalized spacial score (nSPS) is 22.4. The highest BCUT2D eigenvalue weighted by Gasteiger charge is 2.39. The Hall–Kier alpha value is -1.82. The zero-order valence-electron chi connectivity index (χ0n) is 13.6. The quantitative estimate of drug-likeness (QED) is 0.787. The van der Waals surface area contributed by atoms with E-state index in [1.807, 2.05) is 47.4 Å². The van der Waals surface area contributed by atoms with E-state index in [2.05, 4.69) is 6.08 Å². The molecule has 2 unspecified atom stereocenters. The molecule has 2 bridgehead atoms. The lowest BCUT2D eigenvalue weighted by molar-refractivity contribution is -0.0341. The maximum atomic E-state index is 12.6. The molecule has 2 aromatic rings. The SMILES string of the molecule is O=C(OCc1ccccc1)N1C2C=C(c3ccc(Cl)s3)CC1COC2. The lowest BCUT2D eigenvalue weighted by Gasteiger charge is -2.43. The number of ether oxygens (including phenoxy) is 2. The lowest BCUT2D eigenvalue weighted by atomic mass is 9.94. The van der Waals surface area contributed by atoms with Crippen LogP contribution in [0.2, 0.25) is 4.34 Å². The predicted octanol–water partition coefficient (Wildman–Crippen LogP) is 4.59. The predicted molar refractivity (Wildman–Crippen MR) is 98.8 cm³/mol. The summed E-state index contributed by atoms with van der Waals surface area (Å²) < 4.78 is 12.0. The molecular weight excluding hydrogens is 358 g/mol. The van der Waals surface area contributed by atoms with Gasteiger partial charge in [-0.15, -0.1) is 11.3 Å². The molecule has 0 N–H and O–H groups in total. The molecule has 3 heterocycles. The fourth-order valence-electron chi connectivity index (χ4n) is 3.34. The van der Waals surface area contributed by atoms with Crippen LogP contribution < -0.4 is 0 Å². The van der Waals surface area contributed by atoms with Gasteiger partial charge in [0.2, 0.25) is 0 Å². The highest BCUT2D eigenvalue weighted by Crippen LogP contribution is 2.36. The molecule has 0 aliphatic carbocycles. The number of benzene rings is 1. The number of carbonyl (C=O) groups excluding carboxylic acids is 1. The topological polar surface area (TPSA) is 38.8 Å². The second kappa shape index (κ2) is 7.20. The number of rotatable bonds is 3. The van der Waals surface area contributed by atoms with Crippen LogP contribution >= 0.6 is 22.9 Å². The summed E-state index contributed by atoms with van der Waals surface area (Å²) in [4.78, 5) is 15.6. The number of carbonyl (C=O) groups is 1. The molecule has 130 valence electrons. The van der Waals surface area contributed by atoms with Gasteiger partial charge in [0.1, 0.15) is 6.61 Å². The zero-order chi connectivity index (χ0) is 17.2. The first-order valence-corrected chi connectivity index (χ1v) is 9.43. The van der Waals surface area contributed by atoms with E-state index >= 15 is 0 Å². The summed E-state index contributed by atoms with van der Waals surface area (Å²) in [6.45, 7) is 1.32. The number of halogens is 1. The van der Waals surface area contributed by atoms with Crippen molar-refractivity contribution in [3.05, 3.63) is 63.3 Å². The largest absolute Gasteiger partial charge is 0.445 e. The van der Waals surface area contributed by atoms with Crippen LogP contribution in [-0.4, -0.2) is 36.3 Å². The van der Waals surface area contributed by atoms with Crippen molar-refractivity contribution >= 4 is 34.6 Å². The molecular formula is C19H18ClNO3S. The zero-order valence-corrected chi connectivity index (χ0v) is 15.1.